The van der Waals surface area contributed by atoms with Crippen molar-refractivity contribution < 1.29 is 14.3 Å². The average Bonchev–Trinajstić information content (AvgIpc) is 2.49. The minimum Gasteiger partial charge on any atom is -0.468 e. The number of esters is 1. The predicted molar refractivity (Wildman–Crippen MR) is 72.2 cm³/mol. The fourth-order valence-corrected chi connectivity index (χ4v) is 1.63. The summed E-state index contributed by atoms with van der Waals surface area (Å²) in [6.07, 6.45) is 3.62. The first-order valence-corrected chi connectivity index (χ1v) is 6.06. The first kappa shape index (κ1) is 14.0. The molecule has 20 heavy (non-hydrogen) atoms. The standard InChI is InChI=1S/C14H15N3O3/c1-19-13(18)12(15)9-10-3-5-11(6-4-10)20-14-16-7-2-8-17-14/h2-8,12H,9,15H2,1H3/t12-/m0/s1. The van der Waals surface area contributed by atoms with Crippen molar-refractivity contribution in [1.82, 2.24) is 9.97 Å². The number of benzene rings is 1. The normalized spacial score (nSPS) is 11.7. The van der Waals surface area contributed by atoms with Crippen LogP contribution < -0.4 is 10.5 Å². The predicted octanol–water partition coefficient (Wildman–Crippen LogP) is 1.31. The third kappa shape index (κ3) is 3.76. The number of nitrogens with zero attached hydrogens (tertiary/aromatic N) is 2. The van der Waals surface area contributed by atoms with E-state index >= 15 is 0 Å². The van der Waals surface area contributed by atoms with Crippen LogP contribution in [-0.4, -0.2) is 29.1 Å². The molecule has 2 aromatic rings. The van der Waals surface area contributed by atoms with Crippen molar-refractivity contribution in [3.8, 4) is 11.8 Å². The second-order valence-corrected chi connectivity index (χ2v) is 4.11. The molecule has 1 aromatic heterocycles. The van der Waals surface area contributed by atoms with Gasteiger partial charge in [-0.3, -0.25) is 4.79 Å². The van der Waals surface area contributed by atoms with Crippen LogP contribution in [0.15, 0.2) is 42.7 Å². The number of carbonyl (C=O) groups is 1. The highest BCUT2D eigenvalue weighted by molar-refractivity contribution is 5.75. The number of methoxy groups -OCH3 is 1. The molecule has 0 unspecified atom stereocenters. The van der Waals surface area contributed by atoms with E-state index in [9.17, 15) is 4.79 Å². The van der Waals surface area contributed by atoms with Crippen LogP contribution in [0.25, 0.3) is 0 Å². The van der Waals surface area contributed by atoms with Gasteiger partial charge >= 0.3 is 12.0 Å². The second-order valence-electron chi connectivity index (χ2n) is 4.11. The molecule has 0 saturated carbocycles. The van der Waals surface area contributed by atoms with Crippen molar-refractivity contribution in [1.29, 1.82) is 0 Å². The minimum atomic E-state index is -0.663. The summed E-state index contributed by atoms with van der Waals surface area (Å²) in [5, 5.41) is 0. The molecule has 0 bridgehead atoms. The van der Waals surface area contributed by atoms with Gasteiger partial charge in [0, 0.05) is 12.4 Å². The number of hydrogen-bond acceptors (Lipinski definition) is 6. The lowest BCUT2D eigenvalue weighted by molar-refractivity contribution is -0.142. The molecular formula is C14H15N3O3. The summed E-state index contributed by atoms with van der Waals surface area (Å²) < 4.78 is 10.0. The number of rotatable bonds is 5. The van der Waals surface area contributed by atoms with Gasteiger partial charge in [0.1, 0.15) is 11.8 Å². The number of ether oxygens (including phenoxy) is 2. The minimum absolute atomic E-state index is 0.284. The van der Waals surface area contributed by atoms with Crippen LogP contribution in [0.5, 0.6) is 11.8 Å². The lowest BCUT2D eigenvalue weighted by atomic mass is 10.1. The Bertz CT molecular complexity index is 558. The Morgan fingerprint density at radius 2 is 1.90 bits per heavy atom. The molecule has 0 aliphatic rings. The lowest BCUT2D eigenvalue weighted by Gasteiger charge is -2.09. The summed E-state index contributed by atoms with van der Waals surface area (Å²) in [4.78, 5) is 19.2. The SMILES string of the molecule is COC(=O)[C@@H](N)Cc1ccc(Oc2ncccn2)cc1. The zero-order chi connectivity index (χ0) is 14.4. The fraction of sp³-hybridized carbons (Fsp3) is 0.214. The Morgan fingerprint density at radius 1 is 1.25 bits per heavy atom. The van der Waals surface area contributed by atoms with E-state index in [1.807, 2.05) is 12.1 Å². The molecule has 0 aliphatic carbocycles. The van der Waals surface area contributed by atoms with Crippen molar-refractivity contribution in [3.63, 3.8) is 0 Å². The number of nitrogens with two attached hydrogens (primary N) is 1. The van der Waals surface area contributed by atoms with Crippen LogP contribution in [0.1, 0.15) is 5.56 Å². The molecule has 6 nitrogen and oxygen atoms in total. The van der Waals surface area contributed by atoms with Crippen LogP contribution in [0, 0.1) is 0 Å². The van der Waals surface area contributed by atoms with Gasteiger partial charge in [0.2, 0.25) is 0 Å². The first-order chi connectivity index (χ1) is 9.69. The van der Waals surface area contributed by atoms with E-state index in [1.165, 1.54) is 7.11 Å². The van der Waals surface area contributed by atoms with Crippen molar-refractivity contribution in [2.24, 2.45) is 5.73 Å². The van der Waals surface area contributed by atoms with Gasteiger partial charge < -0.3 is 15.2 Å². The van der Waals surface area contributed by atoms with Crippen molar-refractivity contribution in [2.75, 3.05) is 7.11 Å². The van der Waals surface area contributed by atoms with Gasteiger partial charge in [-0.1, -0.05) is 12.1 Å². The molecular weight excluding hydrogens is 258 g/mol. The number of hydrogen-bond donors (Lipinski definition) is 1. The van der Waals surface area contributed by atoms with Crippen LogP contribution in [0.4, 0.5) is 0 Å². The van der Waals surface area contributed by atoms with Gasteiger partial charge in [-0.15, -0.1) is 0 Å². The Kier molecular flexibility index (Phi) is 4.62. The largest absolute Gasteiger partial charge is 0.468 e. The van der Waals surface area contributed by atoms with Crippen molar-refractivity contribution in [3.05, 3.63) is 48.3 Å². The zero-order valence-electron chi connectivity index (χ0n) is 11.0. The lowest BCUT2D eigenvalue weighted by Crippen LogP contribution is -2.33. The van der Waals surface area contributed by atoms with Crippen LogP contribution in [0.3, 0.4) is 0 Å². The maximum absolute atomic E-state index is 11.2. The summed E-state index contributed by atoms with van der Waals surface area (Å²) in [5.74, 6) is 0.189. The summed E-state index contributed by atoms with van der Waals surface area (Å²) in [6, 6.07) is 8.55. The van der Waals surface area contributed by atoms with E-state index in [-0.39, 0.29) is 6.01 Å². The first-order valence-electron chi connectivity index (χ1n) is 6.06. The van der Waals surface area contributed by atoms with E-state index in [0.717, 1.165) is 5.56 Å². The van der Waals surface area contributed by atoms with Gasteiger partial charge in [-0.25, -0.2) is 9.97 Å². The Labute approximate surface area is 116 Å². The van der Waals surface area contributed by atoms with E-state index < -0.39 is 12.0 Å². The maximum Gasteiger partial charge on any atom is 0.322 e. The third-order valence-corrected chi connectivity index (χ3v) is 2.63. The monoisotopic (exact) mass is 273 g/mol. The topological polar surface area (TPSA) is 87.3 Å². The summed E-state index contributed by atoms with van der Waals surface area (Å²) in [5.41, 5.74) is 6.62. The highest BCUT2D eigenvalue weighted by Gasteiger charge is 2.14. The number of carbonyl (C=O) groups excluding carboxylic acids is 1. The molecule has 0 spiro atoms. The number of aromatic nitrogens is 2. The fourth-order valence-electron chi connectivity index (χ4n) is 1.63. The second kappa shape index (κ2) is 6.63. The van der Waals surface area contributed by atoms with Gasteiger partial charge in [0.05, 0.1) is 7.11 Å². The molecule has 0 fully saturated rings. The van der Waals surface area contributed by atoms with Gasteiger partial charge in [-0.05, 0) is 30.2 Å². The van der Waals surface area contributed by atoms with Crippen LogP contribution >= 0.6 is 0 Å². The van der Waals surface area contributed by atoms with E-state index in [0.29, 0.717) is 12.2 Å². The molecule has 104 valence electrons. The molecule has 1 aromatic carbocycles. The Hall–Kier alpha value is -2.47. The molecule has 0 aliphatic heterocycles. The zero-order valence-corrected chi connectivity index (χ0v) is 11.0. The molecule has 1 heterocycles. The van der Waals surface area contributed by atoms with Gasteiger partial charge in [-0.2, -0.15) is 0 Å². The Balaban J connectivity index is 1.98. The van der Waals surface area contributed by atoms with Gasteiger partial charge in [0.25, 0.3) is 0 Å². The third-order valence-electron chi connectivity index (χ3n) is 2.63. The highest BCUT2D eigenvalue weighted by atomic mass is 16.5. The maximum atomic E-state index is 11.2. The highest BCUT2D eigenvalue weighted by Crippen LogP contribution is 2.18. The molecule has 2 rings (SSSR count). The van der Waals surface area contributed by atoms with Crippen LogP contribution in [0.2, 0.25) is 0 Å². The molecule has 0 amide bonds. The summed E-state index contributed by atoms with van der Waals surface area (Å²) in [7, 11) is 1.32. The average molecular weight is 273 g/mol. The summed E-state index contributed by atoms with van der Waals surface area (Å²) >= 11 is 0. The molecule has 0 saturated heterocycles. The smallest absolute Gasteiger partial charge is 0.322 e. The molecule has 2 N–H and O–H groups in total. The van der Waals surface area contributed by atoms with E-state index in [2.05, 4.69) is 14.7 Å². The van der Waals surface area contributed by atoms with Gasteiger partial charge in [0.15, 0.2) is 0 Å². The molecule has 1 atom stereocenters. The van der Waals surface area contributed by atoms with Crippen LogP contribution in [-0.2, 0) is 16.0 Å². The quantitative estimate of drug-likeness (QED) is 0.826. The molecule has 6 heteroatoms. The van der Waals surface area contributed by atoms with E-state index in [4.69, 9.17) is 10.5 Å². The molecule has 0 radical (unpaired) electrons. The van der Waals surface area contributed by atoms with Crippen molar-refractivity contribution in [2.45, 2.75) is 12.5 Å². The summed E-state index contributed by atoms with van der Waals surface area (Å²) in [6.45, 7) is 0. The Morgan fingerprint density at radius 3 is 2.50 bits per heavy atom. The van der Waals surface area contributed by atoms with Crippen molar-refractivity contribution >= 4 is 5.97 Å². The van der Waals surface area contributed by atoms with E-state index in [1.54, 1.807) is 30.6 Å².